The summed E-state index contributed by atoms with van der Waals surface area (Å²) in [6.07, 6.45) is 7.36. The van der Waals surface area contributed by atoms with Crippen molar-refractivity contribution in [1.29, 1.82) is 5.26 Å². The van der Waals surface area contributed by atoms with Crippen LogP contribution in [0.4, 0.5) is 11.6 Å². The molecule has 3 heterocycles. The molecule has 2 aromatic rings. The molecular weight excluding hydrogens is 530 g/mol. The van der Waals surface area contributed by atoms with Crippen LogP contribution in [0.25, 0.3) is 11.3 Å². The van der Waals surface area contributed by atoms with Crippen LogP contribution in [0, 0.1) is 16.7 Å². The summed E-state index contributed by atoms with van der Waals surface area (Å²) in [6, 6.07) is 11.1. The van der Waals surface area contributed by atoms with Crippen LogP contribution >= 0.6 is 11.6 Å². The number of carbonyl (C=O) groups is 1. The molecule has 0 radical (unpaired) electrons. The van der Waals surface area contributed by atoms with Crippen LogP contribution in [0.1, 0.15) is 45.4 Å². The summed E-state index contributed by atoms with van der Waals surface area (Å²) in [5, 5.41) is 23.5. The first-order chi connectivity index (χ1) is 19.5. The van der Waals surface area contributed by atoms with Gasteiger partial charge < -0.3 is 30.7 Å². The van der Waals surface area contributed by atoms with Crippen molar-refractivity contribution in [3.63, 3.8) is 0 Å². The van der Waals surface area contributed by atoms with E-state index in [1.807, 2.05) is 24.3 Å². The highest BCUT2D eigenvalue weighted by Gasteiger charge is 2.32. The molecule has 40 heavy (non-hydrogen) atoms. The average molecular weight is 570 g/mol. The second kappa shape index (κ2) is 15.1. The quantitative estimate of drug-likeness (QED) is 0.264. The van der Waals surface area contributed by atoms with Gasteiger partial charge in [0.1, 0.15) is 11.6 Å². The van der Waals surface area contributed by atoms with E-state index >= 15 is 0 Å². The minimum absolute atomic E-state index is 0.0350. The van der Waals surface area contributed by atoms with Crippen LogP contribution < -0.4 is 21.3 Å². The van der Waals surface area contributed by atoms with E-state index in [0.717, 1.165) is 62.1 Å². The van der Waals surface area contributed by atoms with Crippen molar-refractivity contribution < 1.29 is 14.3 Å². The third-order valence-corrected chi connectivity index (χ3v) is 7.86. The number of nitriles is 1. The molecule has 0 spiro atoms. The molecule has 4 N–H and O–H groups in total. The highest BCUT2D eigenvalue weighted by Crippen LogP contribution is 2.32. The molecule has 2 fully saturated rings. The van der Waals surface area contributed by atoms with Gasteiger partial charge in [0.2, 0.25) is 5.91 Å². The van der Waals surface area contributed by atoms with E-state index < -0.39 is 5.41 Å². The largest absolute Gasteiger partial charge is 0.381 e. The summed E-state index contributed by atoms with van der Waals surface area (Å²) in [7, 11) is 0. The van der Waals surface area contributed by atoms with Crippen molar-refractivity contribution in [1.82, 2.24) is 20.6 Å². The maximum atomic E-state index is 10.9. The normalized spacial score (nSPS) is 20.3. The lowest BCUT2D eigenvalue weighted by molar-refractivity contribution is -0.119. The third kappa shape index (κ3) is 9.03. The highest BCUT2D eigenvalue weighted by atomic mass is 35.5. The molecule has 4 rings (SSSR count). The van der Waals surface area contributed by atoms with Crippen molar-refractivity contribution in [2.24, 2.45) is 5.41 Å². The number of ether oxygens (including phenoxy) is 2. The van der Waals surface area contributed by atoms with E-state index in [9.17, 15) is 10.1 Å². The van der Waals surface area contributed by atoms with Crippen molar-refractivity contribution in [2.75, 3.05) is 56.7 Å². The SMILES string of the molecule is CC(=O)NCCOCCNC1CCC(Nc2cc(-c3cccc(NCC4(C#N)CCOCC4)n3)c(Cl)cn2)CC1. The smallest absolute Gasteiger partial charge is 0.216 e. The van der Waals surface area contributed by atoms with Crippen molar-refractivity contribution in [3.8, 4) is 17.3 Å². The number of halogens is 1. The molecule has 10 nitrogen and oxygen atoms in total. The number of anilines is 2. The predicted molar refractivity (Wildman–Crippen MR) is 156 cm³/mol. The van der Waals surface area contributed by atoms with Crippen LogP contribution in [0.3, 0.4) is 0 Å². The van der Waals surface area contributed by atoms with Crippen molar-refractivity contribution in [3.05, 3.63) is 35.5 Å². The number of aromatic nitrogens is 2. The number of carbonyl (C=O) groups excluding carboxylic acids is 1. The number of pyridine rings is 2. The van der Waals surface area contributed by atoms with E-state index in [0.29, 0.717) is 62.4 Å². The number of amides is 1. The van der Waals surface area contributed by atoms with Crippen LogP contribution in [0.5, 0.6) is 0 Å². The minimum atomic E-state index is -0.432. The molecule has 0 unspecified atom stereocenters. The Bertz CT molecular complexity index is 1140. The molecule has 1 aliphatic heterocycles. The van der Waals surface area contributed by atoms with Gasteiger partial charge in [0.25, 0.3) is 0 Å². The summed E-state index contributed by atoms with van der Waals surface area (Å²) in [5.41, 5.74) is 1.14. The molecular formula is C29H40ClN7O3. The average Bonchev–Trinajstić information content (AvgIpc) is 2.98. The topological polar surface area (TPSA) is 133 Å². The molecule has 0 aromatic carbocycles. The monoisotopic (exact) mass is 569 g/mol. The standard InChI is InChI=1S/C29H40ClN7O3/c1-21(38)32-11-15-40-16-12-33-22-5-7-23(8-6-22)36-28-17-24(25(30)18-34-28)26-3-2-4-27(37-26)35-20-29(19-31)9-13-39-14-10-29/h2-4,17-18,22-23,33H,5-16,20H2,1H3,(H,32,38)(H,34,36)(H,35,37). The molecule has 1 saturated heterocycles. The van der Waals surface area contributed by atoms with Gasteiger partial charge in [0.05, 0.1) is 35.4 Å². The fourth-order valence-electron chi connectivity index (χ4n) is 5.13. The fraction of sp³-hybridized carbons (Fsp3) is 0.586. The Hall–Kier alpha value is -2.97. The first-order valence-electron chi connectivity index (χ1n) is 14.1. The van der Waals surface area contributed by atoms with E-state index in [1.165, 1.54) is 6.92 Å². The van der Waals surface area contributed by atoms with Crippen LogP contribution in [0.2, 0.25) is 5.02 Å². The summed E-state index contributed by atoms with van der Waals surface area (Å²) in [5.74, 6) is 1.46. The third-order valence-electron chi connectivity index (χ3n) is 7.55. The first-order valence-corrected chi connectivity index (χ1v) is 14.5. The number of hydrogen-bond acceptors (Lipinski definition) is 9. The Morgan fingerprint density at radius 1 is 1.15 bits per heavy atom. The molecule has 1 saturated carbocycles. The van der Waals surface area contributed by atoms with Crippen molar-refractivity contribution in [2.45, 2.75) is 57.5 Å². The van der Waals surface area contributed by atoms with Gasteiger partial charge in [-0.3, -0.25) is 4.79 Å². The molecule has 0 atom stereocenters. The van der Waals surface area contributed by atoms with Gasteiger partial charge in [-0.15, -0.1) is 0 Å². The van der Waals surface area contributed by atoms with Crippen LogP contribution in [0.15, 0.2) is 30.5 Å². The molecule has 1 aliphatic carbocycles. The molecule has 11 heteroatoms. The Labute approximate surface area is 241 Å². The first kappa shape index (κ1) is 30.0. The van der Waals surface area contributed by atoms with Gasteiger partial charge >= 0.3 is 0 Å². The van der Waals surface area contributed by atoms with E-state index in [4.69, 9.17) is 26.1 Å². The van der Waals surface area contributed by atoms with E-state index in [2.05, 4.69) is 32.3 Å². The number of rotatable bonds is 13. The Balaban J connectivity index is 1.25. The lowest BCUT2D eigenvalue weighted by atomic mass is 9.82. The Morgan fingerprint density at radius 3 is 2.65 bits per heavy atom. The molecule has 2 aliphatic rings. The lowest BCUT2D eigenvalue weighted by Gasteiger charge is -2.30. The molecule has 1 amide bonds. The molecule has 0 bridgehead atoms. The Kier molecular flexibility index (Phi) is 11.4. The van der Waals surface area contributed by atoms with Gasteiger partial charge in [-0.05, 0) is 56.7 Å². The fourth-order valence-corrected chi connectivity index (χ4v) is 5.33. The number of nitrogens with one attached hydrogen (secondary N) is 4. The summed E-state index contributed by atoms with van der Waals surface area (Å²) in [6.45, 7) is 5.77. The molecule has 2 aromatic heterocycles. The number of hydrogen-bond donors (Lipinski definition) is 4. The lowest BCUT2D eigenvalue weighted by Crippen LogP contribution is -2.38. The summed E-state index contributed by atoms with van der Waals surface area (Å²) >= 11 is 6.55. The van der Waals surface area contributed by atoms with E-state index in [1.54, 1.807) is 6.20 Å². The van der Waals surface area contributed by atoms with Crippen LogP contribution in [-0.2, 0) is 14.3 Å². The summed E-state index contributed by atoms with van der Waals surface area (Å²) in [4.78, 5) is 20.2. The van der Waals surface area contributed by atoms with Gasteiger partial charge in [0, 0.05) is 63.6 Å². The maximum absolute atomic E-state index is 10.9. The minimum Gasteiger partial charge on any atom is -0.381 e. The van der Waals surface area contributed by atoms with Gasteiger partial charge in [0.15, 0.2) is 0 Å². The van der Waals surface area contributed by atoms with E-state index in [-0.39, 0.29) is 5.91 Å². The Morgan fingerprint density at radius 2 is 1.90 bits per heavy atom. The zero-order chi connectivity index (χ0) is 28.2. The van der Waals surface area contributed by atoms with Gasteiger partial charge in [-0.2, -0.15) is 5.26 Å². The summed E-state index contributed by atoms with van der Waals surface area (Å²) < 4.78 is 11.0. The second-order valence-corrected chi connectivity index (χ2v) is 11.0. The van der Waals surface area contributed by atoms with Gasteiger partial charge in [-0.1, -0.05) is 17.7 Å². The highest BCUT2D eigenvalue weighted by molar-refractivity contribution is 6.33. The molecule has 216 valence electrons. The van der Waals surface area contributed by atoms with Crippen LogP contribution in [-0.4, -0.2) is 74.0 Å². The van der Waals surface area contributed by atoms with Crippen molar-refractivity contribution >= 4 is 29.1 Å². The van der Waals surface area contributed by atoms with Gasteiger partial charge in [-0.25, -0.2) is 9.97 Å². The predicted octanol–water partition coefficient (Wildman–Crippen LogP) is 3.99. The second-order valence-electron chi connectivity index (χ2n) is 10.6. The number of nitrogens with zero attached hydrogens (tertiary/aromatic N) is 3. The maximum Gasteiger partial charge on any atom is 0.216 e. The zero-order valence-corrected chi connectivity index (χ0v) is 23.9. The zero-order valence-electron chi connectivity index (χ0n) is 23.2.